The summed E-state index contributed by atoms with van der Waals surface area (Å²) in [5.74, 6) is 4.40. The molecule has 4 heteroatoms. The molecule has 0 N–H and O–H groups in total. The zero-order valence-corrected chi connectivity index (χ0v) is 8.97. The summed E-state index contributed by atoms with van der Waals surface area (Å²) in [7, 11) is 0. The normalized spacial score (nSPS) is 11.9. The molecule has 86 valence electrons. The molecule has 0 fully saturated rings. The summed E-state index contributed by atoms with van der Waals surface area (Å²) in [6.45, 7) is 1.10. The molecule has 0 saturated carbocycles. The average Bonchev–Trinajstić information content (AvgIpc) is 2.28. The highest BCUT2D eigenvalue weighted by atomic mass is 19.4. The van der Waals surface area contributed by atoms with Crippen LogP contribution in [0.4, 0.5) is 13.2 Å². The summed E-state index contributed by atoms with van der Waals surface area (Å²) in [5, 5.41) is 8.49. The van der Waals surface area contributed by atoms with Gasteiger partial charge >= 0.3 is 6.18 Å². The highest BCUT2D eigenvalue weighted by molar-refractivity contribution is 5.47. The monoisotopic (exact) mass is 235 g/mol. The lowest BCUT2D eigenvalue weighted by Gasteiger charge is -2.05. The van der Waals surface area contributed by atoms with Gasteiger partial charge in [0.05, 0.1) is 6.07 Å². The second kappa shape index (κ2) is 5.23. The highest BCUT2D eigenvalue weighted by Crippen LogP contribution is 2.27. The Morgan fingerprint density at radius 2 is 1.76 bits per heavy atom. The van der Waals surface area contributed by atoms with Gasteiger partial charge in [-0.15, -0.1) is 0 Å². The van der Waals surface area contributed by atoms with Gasteiger partial charge in [0.15, 0.2) is 0 Å². The SMILES string of the molecule is C/C(C#N)=C(\C#Cc1ccccc1)C(F)(F)F. The Morgan fingerprint density at radius 3 is 2.24 bits per heavy atom. The van der Waals surface area contributed by atoms with E-state index >= 15 is 0 Å². The zero-order chi connectivity index (χ0) is 12.9. The third kappa shape index (κ3) is 3.70. The van der Waals surface area contributed by atoms with E-state index in [1.165, 1.54) is 6.07 Å². The van der Waals surface area contributed by atoms with E-state index < -0.39 is 17.3 Å². The van der Waals surface area contributed by atoms with Crippen LogP contribution >= 0.6 is 0 Å². The molecular weight excluding hydrogens is 227 g/mol. The second-order valence-electron chi connectivity index (χ2n) is 3.23. The number of allylic oxidation sites excluding steroid dienone is 2. The Labute approximate surface area is 97.2 Å². The fourth-order valence-corrected chi connectivity index (χ4v) is 1.09. The molecular formula is C13H8F3N. The lowest BCUT2D eigenvalue weighted by Crippen LogP contribution is -2.12. The summed E-state index contributed by atoms with van der Waals surface area (Å²) in [4.78, 5) is 0. The summed E-state index contributed by atoms with van der Waals surface area (Å²) in [6.07, 6.45) is -4.60. The fraction of sp³-hybridized carbons (Fsp3) is 0.154. The largest absolute Gasteiger partial charge is 0.425 e. The maximum Gasteiger partial charge on any atom is 0.425 e. The van der Waals surface area contributed by atoms with Crippen LogP contribution in [0.2, 0.25) is 0 Å². The van der Waals surface area contributed by atoms with Crippen LogP contribution in [-0.4, -0.2) is 6.18 Å². The molecule has 0 aliphatic heterocycles. The van der Waals surface area contributed by atoms with Crippen LogP contribution in [0.1, 0.15) is 12.5 Å². The van der Waals surface area contributed by atoms with Crippen molar-refractivity contribution in [2.24, 2.45) is 0 Å². The van der Waals surface area contributed by atoms with Gasteiger partial charge in [0.1, 0.15) is 5.57 Å². The molecule has 1 rings (SSSR count). The third-order valence-corrected chi connectivity index (χ3v) is 1.93. The number of rotatable bonds is 0. The van der Waals surface area contributed by atoms with E-state index in [0.29, 0.717) is 5.56 Å². The number of benzene rings is 1. The van der Waals surface area contributed by atoms with E-state index in [0.717, 1.165) is 6.92 Å². The first-order chi connectivity index (χ1) is 7.95. The van der Waals surface area contributed by atoms with Crippen LogP contribution in [0.15, 0.2) is 41.5 Å². The van der Waals surface area contributed by atoms with E-state index in [4.69, 9.17) is 5.26 Å². The van der Waals surface area contributed by atoms with Crippen LogP contribution in [0.3, 0.4) is 0 Å². The van der Waals surface area contributed by atoms with Crippen LogP contribution in [0.5, 0.6) is 0 Å². The summed E-state index contributed by atoms with van der Waals surface area (Å²) >= 11 is 0. The van der Waals surface area contributed by atoms with Gasteiger partial charge < -0.3 is 0 Å². The molecule has 0 spiro atoms. The molecule has 1 aromatic carbocycles. The molecule has 0 radical (unpaired) electrons. The summed E-state index contributed by atoms with van der Waals surface area (Å²) in [5.41, 5.74) is -1.05. The lowest BCUT2D eigenvalue weighted by molar-refractivity contribution is -0.0877. The standard InChI is InChI=1S/C13H8F3N/c1-10(9-17)12(13(14,15)16)8-7-11-5-3-2-4-6-11/h2-6H,1H3/b12-10-. The first kappa shape index (κ1) is 12.9. The molecule has 0 heterocycles. The predicted molar refractivity (Wildman–Crippen MR) is 57.7 cm³/mol. The van der Waals surface area contributed by atoms with Crippen molar-refractivity contribution in [3.05, 3.63) is 47.0 Å². The van der Waals surface area contributed by atoms with Crippen LogP contribution in [-0.2, 0) is 0 Å². The van der Waals surface area contributed by atoms with E-state index in [2.05, 4.69) is 5.92 Å². The van der Waals surface area contributed by atoms with Crippen molar-refractivity contribution in [2.75, 3.05) is 0 Å². The minimum absolute atomic E-state index is 0.430. The van der Waals surface area contributed by atoms with E-state index in [-0.39, 0.29) is 0 Å². The molecule has 1 nitrogen and oxygen atoms in total. The Hall–Kier alpha value is -2.20. The van der Waals surface area contributed by atoms with E-state index in [9.17, 15) is 13.2 Å². The Kier molecular flexibility index (Phi) is 3.96. The van der Waals surface area contributed by atoms with Gasteiger partial charge in [-0.25, -0.2) is 0 Å². The molecule has 0 aliphatic rings. The molecule has 0 bridgehead atoms. The van der Waals surface area contributed by atoms with Gasteiger partial charge in [0.25, 0.3) is 0 Å². The van der Waals surface area contributed by atoms with Gasteiger partial charge in [-0.2, -0.15) is 18.4 Å². The summed E-state index contributed by atoms with van der Waals surface area (Å²) < 4.78 is 37.6. The molecule has 0 saturated heterocycles. The van der Waals surface area contributed by atoms with Crippen LogP contribution in [0, 0.1) is 23.2 Å². The van der Waals surface area contributed by atoms with Crippen molar-refractivity contribution >= 4 is 0 Å². The summed E-state index contributed by atoms with van der Waals surface area (Å²) in [6, 6.07) is 9.76. The maximum absolute atomic E-state index is 12.5. The minimum Gasteiger partial charge on any atom is -0.193 e. The Morgan fingerprint density at radius 1 is 1.18 bits per heavy atom. The number of hydrogen-bond donors (Lipinski definition) is 0. The molecule has 0 aromatic heterocycles. The zero-order valence-electron chi connectivity index (χ0n) is 8.97. The number of alkyl halides is 3. The number of nitriles is 1. The topological polar surface area (TPSA) is 23.8 Å². The van der Waals surface area contributed by atoms with Gasteiger partial charge in [-0.3, -0.25) is 0 Å². The predicted octanol–water partition coefficient (Wildman–Crippen LogP) is 3.44. The van der Waals surface area contributed by atoms with Gasteiger partial charge in [0.2, 0.25) is 0 Å². The molecule has 0 amide bonds. The third-order valence-electron chi connectivity index (χ3n) is 1.93. The van der Waals surface area contributed by atoms with Crippen molar-refractivity contribution < 1.29 is 13.2 Å². The van der Waals surface area contributed by atoms with Crippen molar-refractivity contribution in [2.45, 2.75) is 13.1 Å². The van der Waals surface area contributed by atoms with Crippen molar-refractivity contribution in [1.29, 1.82) is 5.26 Å². The number of nitrogens with zero attached hydrogens (tertiary/aromatic N) is 1. The molecule has 0 aliphatic carbocycles. The molecule has 17 heavy (non-hydrogen) atoms. The van der Waals surface area contributed by atoms with Crippen LogP contribution in [0.25, 0.3) is 0 Å². The van der Waals surface area contributed by atoms with Gasteiger partial charge in [-0.05, 0) is 19.1 Å². The average molecular weight is 235 g/mol. The maximum atomic E-state index is 12.5. The number of hydrogen-bond acceptors (Lipinski definition) is 1. The smallest absolute Gasteiger partial charge is 0.193 e. The highest BCUT2D eigenvalue weighted by Gasteiger charge is 2.34. The molecule has 0 unspecified atom stereocenters. The van der Waals surface area contributed by atoms with Crippen molar-refractivity contribution in [3.8, 4) is 17.9 Å². The van der Waals surface area contributed by atoms with Crippen molar-refractivity contribution in [3.63, 3.8) is 0 Å². The van der Waals surface area contributed by atoms with Crippen LogP contribution < -0.4 is 0 Å². The Bertz CT molecular complexity index is 522. The Balaban J connectivity index is 3.16. The van der Waals surface area contributed by atoms with Crippen molar-refractivity contribution in [1.82, 2.24) is 0 Å². The van der Waals surface area contributed by atoms with Gasteiger partial charge in [0, 0.05) is 11.1 Å². The van der Waals surface area contributed by atoms with E-state index in [1.807, 2.05) is 5.92 Å². The van der Waals surface area contributed by atoms with E-state index in [1.54, 1.807) is 30.3 Å². The first-order valence-electron chi connectivity index (χ1n) is 4.70. The first-order valence-corrected chi connectivity index (χ1v) is 4.70. The quantitative estimate of drug-likeness (QED) is 0.499. The lowest BCUT2D eigenvalue weighted by atomic mass is 10.1. The fourth-order valence-electron chi connectivity index (χ4n) is 1.09. The molecule has 0 atom stereocenters. The second-order valence-corrected chi connectivity index (χ2v) is 3.23. The van der Waals surface area contributed by atoms with Gasteiger partial charge in [-0.1, -0.05) is 30.0 Å². The molecule has 1 aromatic rings. The minimum atomic E-state index is -4.60. The number of halogens is 3.